The molecule has 0 aliphatic carbocycles. The molecule has 0 amide bonds. The van der Waals surface area contributed by atoms with E-state index in [0.29, 0.717) is 10.7 Å². The number of pyridine rings is 1. The number of thioether (sulfide) groups is 1. The van der Waals surface area contributed by atoms with Crippen LogP contribution in [0.15, 0.2) is 41.6 Å². The summed E-state index contributed by atoms with van der Waals surface area (Å²) in [6, 6.07) is 9.41. The highest BCUT2D eigenvalue weighted by atomic mass is 35.5. The van der Waals surface area contributed by atoms with E-state index < -0.39 is 0 Å². The number of nitrogen functional groups attached to an aromatic ring is 1. The third-order valence-electron chi connectivity index (χ3n) is 2.27. The van der Waals surface area contributed by atoms with Gasteiger partial charge in [0.25, 0.3) is 0 Å². The molecule has 0 aliphatic rings. The minimum atomic E-state index is 0.679. The molecule has 20 heavy (non-hydrogen) atoms. The maximum absolute atomic E-state index is 5.95. The quantitative estimate of drug-likeness (QED) is 0.566. The van der Waals surface area contributed by atoms with Crippen LogP contribution < -0.4 is 5.73 Å². The van der Waals surface area contributed by atoms with Crippen LogP contribution >= 0.6 is 23.4 Å². The van der Waals surface area contributed by atoms with E-state index in [2.05, 4.69) is 4.98 Å². The Morgan fingerprint density at radius 1 is 1.05 bits per heavy atom. The molecule has 2 aromatic rings. The van der Waals surface area contributed by atoms with E-state index in [9.17, 15) is 0 Å². The number of nitrogens with zero attached hydrogens (tertiary/aromatic N) is 1. The molecule has 4 heteroatoms. The van der Waals surface area contributed by atoms with Crippen molar-refractivity contribution < 1.29 is 0 Å². The average molecular weight is 311 g/mol. The highest BCUT2D eigenvalue weighted by Gasteiger charge is 2.04. The fraction of sp³-hybridized carbons (Fsp3) is 0.312. The first-order valence-electron chi connectivity index (χ1n) is 6.76. The summed E-state index contributed by atoms with van der Waals surface area (Å²) in [7, 11) is 0. The molecule has 1 aromatic heterocycles. The summed E-state index contributed by atoms with van der Waals surface area (Å²) in [4.78, 5) is 4.31. The Balaban J connectivity index is 0.000000829. The summed E-state index contributed by atoms with van der Waals surface area (Å²) < 4.78 is 0. The Kier molecular flexibility index (Phi) is 9.95. The summed E-state index contributed by atoms with van der Waals surface area (Å²) in [6.07, 6.45) is 3.81. The highest BCUT2D eigenvalue weighted by molar-refractivity contribution is 7.98. The number of benzene rings is 1. The van der Waals surface area contributed by atoms with E-state index in [-0.39, 0.29) is 0 Å². The van der Waals surface area contributed by atoms with E-state index in [4.69, 9.17) is 17.3 Å². The second-order valence-corrected chi connectivity index (χ2v) is 4.58. The van der Waals surface area contributed by atoms with Gasteiger partial charge in [0.2, 0.25) is 0 Å². The number of hydrogen-bond donors (Lipinski definition) is 1. The predicted molar refractivity (Wildman–Crippen MR) is 93.6 cm³/mol. The van der Waals surface area contributed by atoms with Crippen molar-refractivity contribution in [2.24, 2.45) is 0 Å². The van der Waals surface area contributed by atoms with Crippen molar-refractivity contribution in [3.05, 3.63) is 41.6 Å². The summed E-state index contributed by atoms with van der Waals surface area (Å²) in [5, 5.41) is 1.67. The standard InChI is InChI=1S/C12H11ClN2S.2C2H6/c1-16-12-5-2-8(7-15-12)10-6-9(13)3-4-11(10)14;2*1-2/h2-7H,14H2,1H3;2*1-2H3. The second-order valence-electron chi connectivity index (χ2n) is 3.32. The Labute approximate surface area is 131 Å². The van der Waals surface area contributed by atoms with Crippen LogP contribution in [0.2, 0.25) is 5.02 Å². The molecule has 1 aromatic carbocycles. The van der Waals surface area contributed by atoms with Crippen LogP contribution in [0.5, 0.6) is 0 Å². The van der Waals surface area contributed by atoms with Crippen molar-refractivity contribution >= 4 is 29.1 Å². The molecule has 0 spiro atoms. The normalized spacial score (nSPS) is 8.90. The van der Waals surface area contributed by atoms with Crippen LogP contribution in [-0.4, -0.2) is 11.2 Å². The van der Waals surface area contributed by atoms with Gasteiger partial charge in [-0.15, -0.1) is 11.8 Å². The van der Waals surface area contributed by atoms with Gasteiger partial charge in [-0.25, -0.2) is 4.98 Å². The lowest BCUT2D eigenvalue weighted by Crippen LogP contribution is -1.90. The second kappa shape index (κ2) is 10.6. The molecule has 110 valence electrons. The summed E-state index contributed by atoms with van der Waals surface area (Å²) >= 11 is 7.56. The van der Waals surface area contributed by atoms with Crippen LogP contribution in [0.1, 0.15) is 27.7 Å². The molecule has 0 unspecified atom stereocenters. The number of nitrogens with two attached hydrogens (primary N) is 1. The van der Waals surface area contributed by atoms with E-state index in [1.807, 2.05) is 58.3 Å². The van der Waals surface area contributed by atoms with Gasteiger partial charge in [-0.2, -0.15) is 0 Å². The van der Waals surface area contributed by atoms with Crippen LogP contribution in [0.25, 0.3) is 11.1 Å². The van der Waals surface area contributed by atoms with Gasteiger partial charge in [-0.05, 0) is 30.5 Å². The smallest absolute Gasteiger partial charge is 0.0957 e. The molecular weight excluding hydrogens is 288 g/mol. The number of hydrogen-bond acceptors (Lipinski definition) is 3. The van der Waals surface area contributed by atoms with Crippen LogP contribution in [-0.2, 0) is 0 Å². The topological polar surface area (TPSA) is 38.9 Å². The summed E-state index contributed by atoms with van der Waals surface area (Å²) in [5.41, 5.74) is 8.52. The predicted octanol–water partition coefficient (Wildman–Crippen LogP) is 5.76. The Bertz CT molecular complexity index is 498. The zero-order chi connectivity index (χ0) is 15.5. The number of halogens is 1. The molecule has 0 bridgehead atoms. The lowest BCUT2D eigenvalue weighted by atomic mass is 10.1. The number of anilines is 1. The molecule has 0 saturated carbocycles. The fourth-order valence-electron chi connectivity index (χ4n) is 1.44. The van der Waals surface area contributed by atoms with Crippen molar-refractivity contribution in [2.45, 2.75) is 32.7 Å². The van der Waals surface area contributed by atoms with Gasteiger partial charge in [0.05, 0.1) is 5.03 Å². The first-order chi connectivity index (χ1) is 9.70. The zero-order valence-corrected chi connectivity index (χ0v) is 14.3. The lowest BCUT2D eigenvalue weighted by Gasteiger charge is -2.06. The van der Waals surface area contributed by atoms with Gasteiger partial charge in [0, 0.05) is 28.0 Å². The van der Waals surface area contributed by atoms with Gasteiger partial charge in [-0.3, -0.25) is 0 Å². The molecule has 2 rings (SSSR count). The number of aromatic nitrogens is 1. The summed E-state index contributed by atoms with van der Waals surface area (Å²) in [5.74, 6) is 0. The molecule has 0 fully saturated rings. The molecule has 0 atom stereocenters. The van der Waals surface area contributed by atoms with Crippen molar-refractivity contribution in [3.8, 4) is 11.1 Å². The molecule has 0 aliphatic heterocycles. The SMILES string of the molecule is CC.CC.CSc1ccc(-c2cc(Cl)ccc2N)cn1. The van der Waals surface area contributed by atoms with Crippen molar-refractivity contribution in [1.82, 2.24) is 4.98 Å². The van der Waals surface area contributed by atoms with Gasteiger partial charge < -0.3 is 5.73 Å². The van der Waals surface area contributed by atoms with E-state index in [0.717, 1.165) is 16.2 Å². The van der Waals surface area contributed by atoms with Gasteiger partial charge in [0.15, 0.2) is 0 Å². The third kappa shape index (κ3) is 5.43. The molecule has 0 saturated heterocycles. The highest BCUT2D eigenvalue weighted by Crippen LogP contribution is 2.29. The lowest BCUT2D eigenvalue weighted by molar-refractivity contribution is 1.14. The minimum absolute atomic E-state index is 0.679. The summed E-state index contributed by atoms with van der Waals surface area (Å²) in [6.45, 7) is 8.00. The van der Waals surface area contributed by atoms with Crippen LogP contribution in [0.3, 0.4) is 0 Å². The maximum Gasteiger partial charge on any atom is 0.0957 e. The van der Waals surface area contributed by atoms with Crippen LogP contribution in [0, 0.1) is 0 Å². The largest absolute Gasteiger partial charge is 0.398 e. The van der Waals surface area contributed by atoms with E-state index in [1.165, 1.54) is 0 Å². The first-order valence-corrected chi connectivity index (χ1v) is 8.36. The molecule has 2 nitrogen and oxygen atoms in total. The minimum Gasteiger partial charge on any atom is -0.398 e. The van der Waals surface area contributed by atoms with Crippen molar-refractivity contribution in [1.29, 1.82) is 0 Å². The monoisotopic (exact) mass is 310 g/mol. The Morgan fingerprint density at radius 3 is 2.20 bits per heavy atom. The van der Waals surface area contributed by atoms with E-state index >= 15 is 0 Å². The van der Waals surface area contributed by atoms with Crippen molar-refractivity contribution in [3.63, 3.8) is 0 Å². The number of rotatable bonds is 2. The van der Waals surface area contributed by atoms with E-state index in [1.54, 1.807) is 23.9 Å². The van der Waals surface area contributed by atoms with Gasteiger partial charge in [-0.1, -0.05) is 45.4 Å². The van der Waals surface area contributed by atoms with Gasteiger partial charge >= 0.3 is 0 Å². The molecule has 1 heterocycles. The third-order valence-corrected chi connectivity index (χ3v) is 3.17. The molecular formula is C16H23ClN2S. The Morgan fingerprint density at radius 2 is 1.70 bits per heavy atom. The van der Waals surface area contributed by atoms with Crippen LogP contribution in [0.4, 0.5) is 5.69 Å². The van der Waals surface area contributed by atoms with Gasteiger partial charge in [0.1, 0.15) is 0 Å². The average Bonchev–Trinajstić information content (AvgIpc) is 2.54. The maximum atomic E-state index is 5.95. The molecule has 0 radical (unpaired) electrons. The first kappa shape index (κ1) is 18.8. The molecule has 2 N–H and O–H groups in total. The fourth-order valence-corrected chi connectivity index (χ4v) is 1.97. The Hall–Kier alpha value is -1.19. The zero-order valence-electron chi connectivity index (χ0n) is 12.8. The van der Waals surface area contributed by atoms with Crippen molar-refractivity contribution in [2.75, 3.05) is 12.0 Å².